The van der Waals surface area contributed by atoms with E-state index >= 15 is 0 Å². The summed E-state index contributed by atoms with van der Waals surface area (Å²) < 4.78 is 0. The minimum atomic E-state index is 0.771. The van der Waals surface area contributed by atoms with E-state index in [1.165, 1.54) is 6.08 Å². The van der Waals surface area contributed by atoms with Gasteiger partial charge in [0, 0.05) is 5.69 Å². The number of aldehydes is 1. The molecule has 0 bridgehead atoms. The molecule has 0 radical (unpaired) electrons. The molecular formula is C17H17NO. The molecule has 2 aromatic carbocycles. The lowest BCUT2D eigenvalue weighted by molar-refractivity contribution is -0.104. The normalized spacial score (nSPS) is 9.47. The van der Waals surface area contributed by atoms with Gasteiger partial charge < -0.3 is 5.73 Å². The van der Waals surface area contributed by atoms with Crippen LogP contribution in [-0.2, 0) is 4.79 Å². The molecule has 0 saturated heterocycles. The third-order valence-corrected chi connectivity index (χ3v) is 2.34. The lowest BCUT2D eigenvalue weighted by Gasteiger charge is -1.91. The molecule has 0 heterocycles. The summed E-state index contributed by atoms with van der Waals surface area (Å²) >= 11 is 0. The molecule has 19 heavy (non-hydrogen) atoms. The standard InChI is InChI=1S/C9H8O.C8H9N/c10-8-4-7-9-5-2-1-3-6-9;1-2-7-3-5-8(9)6-4-7/h1-8H;2-6H,1,9H2. The van der Waals surface area contributed by atoms with Crippen molar-refractivity contribution in [2.75, 3.05) is 5.73 Å². The number of hydrogen-bond acceptors (Lipinski definition) is 2. The van der Waals surface area contributed by atoms with E-state index in [-0.39, 0.29) is 0 Å². The Bertz CT molecular complexity index is 527. The summed E-state index contributed by atoms with van der Waals surface area (Å²) in [6, 6.07) is 17.3. The summed E-state index contributed by atoms with van der Waals surface area (Å²) in [5.41, 5.74) is 8.39. The van der Waals surface area contributed by atoms with Gasteiger partial charge in [-0.25, -0.2) is 0 Å². The van der Waals surface area contributed by atoms with Crippen LogP contribution in [0.4, 0.5) is 5.69 Å². The van der Waals surface area contributed by atoms with Gasteiger partial charge in [-0.15, -0.1) is 0 Å². The second-order valence-corrected chi connectivity index (χ2v) is 3.78. The molecule has 0 saturated carbocycles. The lowest BCUT2D eigenvalue weighted by Crippen LogP contribution is -1.81. The van der Waals surface area contributed by atoms with Crippen molar-refractivity contribution in [3.05, 3.63) is 78.4 Å². The van der Waals surface area contributed by atoms with Gasteiger partial charge in [0.2, 0.25) is 0 Å². The molecule has 2 N–H and O–H groups in total. The van der Waals surface area contributed by atoms with Crippen molar-refractivity contribution in [1.29, 1.82) is 0 Å². The van der Waals surface area contributed by atoms with Gasteiger partial charge >= 0.3 is 0 Å². The molecule has 0 atom stereocenters. The molecule has 2 aromatic rings. The Kier molecular flexibility index (Phi) is 6.45. The smallest absolute Gasteiger partial charge is 0.142 e. The second-order valence-electron chi connectivity index (χ2n) is 3.78. The van der Waals surface area contributed by atoms with E-state index in [0.29, 0.717) is 0 Å². The Morgan fingerprint density at radius 3 is 2.05 bits per heavy atom. The maximum absolute atomic E-state index is 9.89. The predicted octanol–water partition coefficient (Wildman–Crippen LogP) is 3.81. The first-order valence-corrected chi connectivity index (χ1v) is 5.91. The highest BCUT2D eigenvalue weighted by Crippen LogP contribution is 2.05. The third-order valence-electron chi connectivity index (χ3n) is 2.34. The van der Waals surface area contributed by atoms with Crippen molar-refractivity contribution in [3.8, 4) is 0 Å². The second kappa shape index (κ2) is 8.48. The number of benzene rings is 2. The molecule has 0 aromatic heterocycles. The van der Waals surface area contributed by atoms with Crippen LogP contribution in [0.1, 0.15) is 11.1 Å². The average Bonchev–Trinajstić information content (AvgIpc) is 2.48. The molecule has 0 aliphatic carbocycles. The molecule has 96 valence electrons. The number of allylic oxidation sites excluding steroid dienone is 1. The molecule has 0 amide bonds. The highest BCUT2D eigenvalue weighted by atomic mass is 16.1. The van der Waals surface area contributed by atoms with E-state index in [9.17, 15) is 4.79 Å². The quantitative estimate of drug-likeness (QED) is 0.512. The fourth-order valence-corrected chi connectivity index (χ4v) is 1.35. The fraction of sp³-hybridized carbons (Fsp3) is 0. The lowest BCUT2D eigenvalue weighted by atomic mass is 10.2. The summed E-state index contributed by atoms with van der Waals surface area (Å²) in [6.45, 7) is 3.62. The number of anilines is 1. The van der Waals surface area contributed by atoms with E-state index < -0.39 is 0 Å². The molecule has 0 aliphatic heterocycles. The van der Waals surface area contributed by atoms with E-state index in [1.807, 2.05) is 54.6 Å². The van der Waals surface area contributed by atoms with Crippen molar-refractivity contribution in [2.24, 2.45) is 0 Å². The molecule has 0 aliphatic rings. The van der Waals surface area contributed by atoms with Crippen LogP contribution < -0.4 is 5.73 Å². The zero-order chi connectivity index (χ0) is 13.9. The number of rotatable bonds is 3. The van der Waals surface area contributed by atoms with E-state index in [0.717, 1.165) is 23.1 Å². The van der Waals surface area contributed by atoms with Crippen molar-refractivity contribution in [3.63, 3.8) is 0 Å². The summed E-state index contributed by atoms with van der Waals surface area (Å²) in [7, 11) is 0. The highest BCUT2D eigenvalue weighted by molar-refractivity contribution is 5.73. The van der Waals surface area contributed by atoms with Crippen LogP contribution in [0.2, 0.25) is 0 Å². The SMILES string of the molecule is C=Cc1ccc(N)cc1.O=CC=Cc1ccccc1. The first-order chi connectivity index (χ1) is 9.26. The summed E-state index contributed by atoms with van der Waals surface area (Å²) in [6.07, 6.45) is 5.81. The first kappa shape index (κ1) is 14.5. The Morgan fingerprint density at radius 2 is 1.53 bits per heavy atom. The first-order valence-electron chi connectivity index (χ1n) is 5.91. The van der Waals surface area contributed by atoms with Crippen LogP contribution in [-0.4, -0.2) is 6.29 Å². The van der Waals surface area contributed by atoms with E-state index in [2.05, 4.69) is 6.58 Å². The Hall–Kier alpha value is -2.61. The van der Waals surface area contributed by atoms with Crippen LogP contribution in [0.25, 0.3) is 12.2 Å². The molecular weight excluding hydrogens is 234 g/mol. The zero-order valence-electron chi connectivity index (χ0n) is 10.7. The molecule has 0 fully saturated rings. The van der Waals surface area contributed by atoms with Gasteiger partial charge in [0.15, 0.2) is 0 Å². The van der Waals surface area contributed by atoms with E-state index in [4.69, 9.17) is 5.73 Å². The topological polar surface area (TPSA) is 43.1 Å². The van der Waals surface area contributed by atoms with Gasteiger partial charge in [-0.1, -0.05) is 61.2 Å². The van der Waals surface area contributed by atoms with Gasteiger partial charge in [0.05, 0.1) is 0 Å². The zero-order valence-corrected chi connectivity index (χ0v) is 10.7. The molecule has 2 rings (SSSR count). The highest BCUT2D eigenvalue weighted by Gasteiger charge is 1.82. The van der Waals surface area contributed by atoms with Crippen molar-refractivity contribution >= 4 is 24.1 Å². The molecule has 2 nitrogen and oxygen atoms in total. The van der Waals surface area contributed by atoms with Gasteiger partial charge in [-0.05, 0) is 29.3 Å². The third kappa shape index (κ3) is 6.03. The largest absolute Gasteiger partial charge is 0.399 e. The Labute approximate surface area is 113 Å². The van der Waals surface area contributed by atoms with Crippen LogP contribution in [0.15, 0.2) is 67.3 Å². The number of carbonyl (C=O) groups is 1. The van der Waals surface area contributed by atoms with Gasteiger partial charge in [-0.2, -0.15) is 0 Å². The van der Waals surface area contributed by atoms with Crippen molar-refractivity contribution < 1.29 is 4.79 Å². The van der Waals surface area contributed by atoms with Crippen LogP contribution in [0, 0.1) is 0 Å². The summed E-state index contributed by atoms with van der Waals surface area (Å²) in [5, 5.41) is 0. The van der Waals surface area contributed by atoms with E-state index in [1.54, 1.807) is 12.2 Å². The van der Waals surface area contributed by atoms with Gasteiger partial charge in [-0.3, -0.25) is 4.79 Å². The van der Waals surface area contributed by atoms with Crippen molar-refractivity contribution in [1.82, 2.24) is 0 Å². The fourth-order valence-electron chi connectivity index (χ4n) is 1.35. The summed E-state index contributed by atoms with van der Waals surface area (Å²) in [4.78, 5) is 9.89. The van der Waals surface area contributed by atoms with Gasteiger partial charge in [0.1, 0.15) is 6.29 Å². The average molecular weight is 251 g/mol. The minimum Gasteiger partial charge on any atom is -0.399 e. The molecule has 0 unspecified atom stereocenters. The van der Waals surface area contributed by atoms with Crippen molar-refractivity contribution in [2.45, 2.75) is 0 Å². The molecule has 0 spiro atoms. The number of nitrogens with two attached hydrogens (primary N) is 1. The predicted molar refractivity (Wildman–Crippen MR) is 82.5 cm³/mol. The summed E-state index contributed by atoms with van der Waals surface area (Å²) in [5.74, 6) is 0. The van der Waals surface area contributed by atoms with Crippen LogP contribution >= 0.6 is 0 Å². The number of carbonyl (C=O) groups excluding carboxylic acids is 1. The Balaban J connectivity index is 0.000000191. The van der Waals surface area contributed by atoms with Gasteiger partial charge in [0.25, 0.3) is 0 Å². The van der Waals surface area contributed by atoms with Crippen LogP contribution in [0.3, 0.4) is 0 Å². The maximum atomic E-state index is 9.89. The number of nitrogen functional groups attached to an aromatic ring is 1. The maximum Gasteiger partial charge on any atom is 0.142 e. The molecule has 2 heteroatoms. The van der Waals surface area contributed by atoms with Crippen LogP contribution in [0.5, 0.6) is 0 Å². The monoisotopic (exact) mass is 251 g/mol. The Morgan fingerprint density at radius 1 is 0.895 bits per heavy atom. The minimum absolute atomic E-state index is 0.771. The number of hydrogen-bond donors (Lipinski definition) is 1.